The van der Waals surface area contributed by atoms with Crippen molar-refractivity contribution >= 4 is 26.8 Å². The fourth-order valence-corrected chi connectivity index (χ4v) is 5.10. The van der Waals surface area contributed by atoms with Crippen LogP contribution in [-0.4, -0.2) is 36.7 Å². The summed E-state index contributed by atoms with van der Waals surface area (Å²) in [5, 5.41) is 7.55. The third kappa shape index (κ3) is 3.92. The minimum atomic E-state index is -3.93. The number of nitrogens with zero attached hydrogens (tertiary/aromatic N) is 2. The number of hydrogen-bond donors (Lipinski definition) is 1. The number of benzene rings is 3. The van der Waals surface area contributed by atoms with Crippen LogP contribution in [0.25, 0.3) is 22.0 Å². The fraction of sp³-hybridized carbons (Fsp3) is 0.200. The number of carbonyl (C=O) groups excluding carboxylic acids is 1. The van der Waals surface area contributed by atoms with E-state index in [-0.39, 0.29) is 22.4 Å². The number of carbonyl (C=O) groups is 1. The second-order valence-corrected chi connectivity index (χ2v) is 10.1. The molecule has 1 aromatic heterocycles. The predicted octanol–water partition coefficient (Wildman–Crippen LogP) is 4.29. The molecule has 7 nitrogen and oxygen atoms in total. The molecule has 1 aliphatic rings. The first-order valence-electron chi connectivity index (χ1n) is 10.8. The van der Waals surface area contributed by atoms with Crippen molar-refractivity contribution in [2.45, 2.75) is 30.7 Å². The molecule has 1 N–H and O–H groups in total. The zero-order valence-corrected chi connectivity index (χ0v) is 19.4. The van der Waals surface area contributed by atoms with Gasteiger partial charge in [0.2, 0.25) is 0 Å². The van der Waals surface area contributed by atoms with E-state index in [1.807, 2.05) is 0 Å². The molecule has 1 heterocycles. The molecular formula is C25H22FN3O4S. The molecule has 34 heavy (non-hydrogen) atoms. The van der Waals surface area contributed by atoms with Crippen LogP contribution in [0.3, 0.4) is 0 Å². The molecule has 0 unspecified atom stereocenters. The van der Waals surface area contributed by atoms with Gasteiger partial charge in [0.15, 0.2) is 0 Å². The van der Waals surface area contributed by atoms with Gasteiger partial charge in [0.1, 0.15) is 11.6 Å². The maximum absolute atomic E-state index is 14.7. The molecule has 0 spiro atoms. The number of halogens is 1. The molecule has 0 atom stereocenters. The van der Waals surface area contributed by atoms with Crippen molar-refractivity contribution in [1.29, 1.82) is 0 Å². The van der Waals surface area contributed by atoms with Crippen molar-refractivity contribution in [2.75, 3.05) is 7.11 Å². The van der Waals surface area contributed by atoms with E-state index in [1.165, 1.54) is 31.5 Å². The van der Waals surface area contributed by atoms with E-state index >= 15 is 0 Å². The number of amides is 1. The zero-order chi connectivity index (χ0) is 24.0. The lowest BCUT2D eigenvalue weighted by Gasteiger charge is -2.12. The van der Waals surface area contributed by atoms with E-state index in [0.29, 0.717) is 33.3 Å². The highest BCUT2D eigenvalue weighted by atomic mass is 32.2. The highest BCUT2D eigenvalue weighted by Crippen LogP contribution is 2.31. The first kappa shape index (κ1) is 22.1. The van der Waals surface area contributed by atoms with Crippen LogP contribution in [-0.2, 0) is 10.0 Å². The molecule has 0 bridgehead atoms. The fourth-order valence-electron chi connectivity index (χ4n) is 3.82. The number of hydrogen-bond acceptors (Lipinski definition) is 5. The van der Waals surface area contributed by atoms with E-state index in [0.717, 1.165) is 16.9 Å². The molecule has 0 saturated heterocycles. The molecule has 1 fully saturated rings. The lowest BCUT2D eigenvalue weighted by molar-refractivity contribution is 0.0950. The predicted molar refractivity (Wildman–Crippen MR) is 126 cm³/mol. The van der Waals surface area contributed by atoms with Crippen molar-refractivity contribution in [3.8, 4) is 16.9 Å². The van der Waals surface area contributed by atoms with Crippen molar-refractivity contribution in [3.63, 3.8) is 0 Å². The van der Waals surface area contributed by atoms with Gasteiger partial charge in [-0.05, 0) is 85.0 Å². The average molecular weight is 480 g/mol. The van der Waals surface area contributed by atoms with Gasteiger partial charge in [-0.25, -0.2) is 4.39 Å². The Morgan fingerprint density at radius 3 is 2.53 bits per heavy atom. The van der Waals surface area contributed by atoms with Crippen LogP contribution in [0, 0.1) is 12.7 Å². The first-order chi connectivity index (χ1) is 16.3. The lowest BCUT2D eigenvalue weighted by atomic mass is 9.96. The normalized spacial score (nSPS) is 13.7. The van der Waals surface area contributed by atoms with Crippen LogP contribution in [0.15, 0.2) is 65.7 Å². The van der Waals surface area contributed by atoms with Gasteiger partial charge in [0, 0.05) is 17.0 Å². The van der Waals surface area contributed by atoms with Gasteiger partial charge < -0.3 is 10.1 Å². The molecule has 1 aliphatic carbocycles. The van der Waals surface area contributed by atoms with E-state index < -0.39 is 15.8 Å². The number of methoxy groups -OCH3 is 1. The van der Waals surface area contributed by atoms with Crippen molar-refractivity contribution in [3.05, 3.63) is 77.7 Å². The summed E-state index contributed by atoms with van der Waals surface area (Å²) in [5.74, 6) is -0.233. The van der Waals surface area contributed by atoms with E-state index in [4.69, 9.17) is 4.74 Å². The van der Waals surface area contributed by atoms with Crippen molar-refractivity contribution in [2.24, 2.45) is 0 Å². The maximum atomic E-state index is 14.7. The Bertz CT molecular complexity index is 1520. The summed E-state index contributed by atoms with van der Waals surface area (Å²) in [6.07, 6.45) is 3.33. The van der Waals surface area contributed by atoms with E-state index in [2.05, 4.69) is 10.4 Å². The molecule has 1 saturated carbocycles. The highest BCUT2D eigenvalue weighted by molar-refractivity contribution is 7.90. The highest BCUT2D eigenvalue weighted by Gasteiger charge is 2.25. The summed E-state index contributed by atoms with van der Waals surface area (Å²) < 4.78 is 47.0. The van der Waals surface area contributed by atoms with Gasteiger partial charge in [-0.2, -0.15) is 17.6 Å². The Balaban J connectivity index is 1.54. The summed E-state index contributed by atoms with van der Waals surface area (Å²) in [4.78, 5) is 12.6. The standard InChI is InChI=1S/C25H22FN3O4S/c1-15-22(12-17(13-23(15)26)25(30)28-19-4-5-19)16-3-10-24-18(11-16)14-27-29(24)34(31,32)21-8-6-20(33-2)7-9-21/h3,6-14,19H,4-5H2,1-2H3,(H,28,30). The minimum Gasteiger partial charge on any atom is -0.497 e. The Hall–Kier alpha value is -3.72. The number of rotatable bonds is 6. The van der Waals surface area contributed by atoms with Crippen LogP contribution in [0.1, 0.15) is 28.8 Å². The van der Waals surface area contributed by atoms with Crippen LogP contribution < -0.4 is 10.1 Å². The monoisotopic (exact) mass is 479 g/mol. The third-order valence-corrected chi connectivity index (χ3v) is 7.56. The molecule has 4 aromatic rings. The lowest BCUT2D eigenvalue weighted by Crippen LogP contribution is -2.25. The Kier molecular flexibility index (Phi) is 5.36. The first-order valence-corrected chi connectivity index (χ1v) is 12.2. The maximum Gasteiger partial charge on any atom is 0.283 e. The molecule has 174 valence electrons. The molecule has 1 amide bonds. The molecule has 5 rings (SSSR count). The molecule has 3 aromatic carbocycles. The number of aromatic nitrogens is 2. The Labute approximate surface area is 196 Å². The topological polar surface area (TPSA) is 90.3 Å². The summed E-state index contributed by atoms with van der Waals surface area (Å²) in [5.41, 5.74) is 2.27. The minimum absolute atomic E-state index is 0.0784. The van der Waals surface area contributed by atoms with Gasteiger partial charge in [0.25, 0.3) is 15.9 Å². The summed E-state index contributed by atoms with van der Waals surface area (Å²) in [6, 6.07) is 14.2. The van der Waals surface area contributed by atoms with Crippen molar-refractivity contribution < 1.29 is 22.3 Å². The number of fused-ring (bicyclic) bond motifs is 1. The molecule has 9 heteroatoms. The Morgan fingerprint density at radius 2 is 1.85 bits per heavy atom. The molecule has 0 radical (unpaired) electrons. The third-order valence-electron chi connectivity index (χ3n) is 5.95. The van der Waals surface area contributed by atoms with Gasteiger partial charge >= 0.3 is 0 Å². The second kappa shape index (κ2) is 8.25. The van der Waals surface area contributed by atoms with Gasteiger partial charge in [-0.3, -0.25) is 4.79 Å². The molecular weight excluding hydrogens is 457 g/mol. The number of nitrogens with one attached hydrogen (secondary N) is 1. The quantitative estimate of drug-likeness (QED) is 0.446. The summed E-state index contributed by atoms with van der Waals surface area (Å²) in [6.45, 7) is 1.65. The Morgan fingerprint density at radius 1 is 1.12 bits per heavy atom. The van der Waals surface area contributed by atoms with Crippen LogP contribution in [0.5, 0.6) is 5.75 Å². The second-order valence-electron chi connectivity index (χ2n) is 8.32. The molecule has 0 aliphatic heterocycles. The summed E-state index contributed by atoms with van der Waals surface area (Å²) >= 11 is 0. The van der Waals surface area contributed by atoms with Crippen LogP contribution in [0.2, 0.25) is 0 Å². The number of ether oxygens (including phenoxy) is 1. The SMILES string of the molecule is COc1ccc(S(=O)(=O)n2ncc3cc(-c4cc(C(=O)NC5CC5)cc(F)c4C)ccc32)cc1. The summed E-state index contributed by atoms with van der Waals surface area (Å²) in [7, 11) is -2.42. The van der Waals surface area contributed by atoms with Gasteiger partial charge in [0.05, 0.1) is 23.7 Å². The zero-order valence-electron chi connectivity index (χ0n) is 18.6. The van der Waals surface area contributed by atoms with E-state index in [1.54, 1.807) is 43.3 Å². The van der Waals surface area contributed by atoms with E-state index in [9.17, 15) is 17.6 Å². The average Bonchev–Trinajstić information content (AvgIpc) is 3.54. The van der Waals surface area contributed by atoms with Crippen LogP contribution in [0.4, 0.5) is 4.39 Å². The van der Waals surface area contributed by atoms with Gasteiger partial charge in [-0.1, -0.05) is 6.07 Å². The largest absolute Gasteiger partial charge is 0.497 e. The van der Waals surface area contributed by atoms with Crippen LogP contribution >= 0.6 is 0 Å². The van der Waals surface area contributed by atoms with Crippen molar-refractivity contribution in [1.82, 2.24) is 14.5 Å². The smallest absolute Gasteiger partial charge is 0.283 e. The van der Waals surface area contributed by atoms with Gasteiger partial charge in [-0.15, -0.1) is 0 Å².